The lowest BCUT2D eigenvalue weighted by molar-refractivity contribution is 0.0332. The Kier molecular flexibility index (Phi) is 10.2. The van der Waals surface area contributed by atoms with E-state index in [0.29, 0.717) is 55.8 Å². The van der Waals surface area contributed by atoms with Crippen LogP contribution in [0, 0.1) is 17.8 Å². The fraction of sp³-hybridized carbons (Fsp3) is 0.514. The number of aliphatic hydroxyl groups is 2. The van der Waals surface area contributed by atoms with Crippen LogP contribution >= 0.6 is 0 Å². The summed E-state index contributed by atoms with van der Waals surface area (Å²) in [5, 5.41) is 35.8. The molecule has 0 bridgehead atoms. The number of nitrogens with one attached hydrogen (secondary N) is 3. The number of hydrogen-bond acceptors (Lipinski definition) is 6. The molecular weight excluding hydrogens is 564 g/mol. The largest absolute Gasteiger partial charge is 0.504 e. The highest BCUT2D eigenvalue weighted by atomic mass is 16.5. The molecule has 242 valence electrons. The normalized spacial score (nSPS) is 23.4. The number of dihydropyridines is 1. The Hall–Kier alpha value is -3.62. The van der Waals surface area contributed by atoms with Crippen molar-refractivity contribution in [2.75, 3.05) is 13.2 Å². The Morgan fingerprint density at radius 2 is 1.93 bits per heavy atom. The summed E-state index contributed by atoms with van der Waals surface area (Å²) in [6, 6.07) is 11.8. The number of aromatic nitrogens is 2. The van der Waals surface area contributed by atoms with Crippen LogP contribution in [-0.4, -0.2) is 50.6 Å². The molecule has 45 heavy (non-hydrogen) atoms. The smallest absolute Gasteiger partial charge is 0.161 e. The number of aryl methyl sites for hydroxylation is 2. The van der Waals surface area contributed by atoms with Crippen molar-refractivity contribution in [3.05, 3.63) is 94.9 Å². The highest BCUT2D eigenvalue weighted by molar-refractivity contribution is 5.42. The van der Waals surface area contributed by atoms with Crippen LogP contribution in [0.15, 0.2) is 72.3 Å². The van der Waals surface area contributed by atoms with Gasteiger partial charge in [0.15, 0.2) is 11.5 Å². The van der Waals surface area contributed by atoms with E-state index >= 15 is 0 Å². The van der Waals surface area contributed by atoms with E-state index in [1.165, 1.54) is 29.7 Å². The second-order valence-electron chi connectivity index (χ2n) is 13.5. The molecule has 6 rings (SSSR count). The molecule has 8 N–H and O–H groups in total. The van der Waals surface area contributed by atoms with Gasteiger partial charge in [-0.1, -0.05) is 18.6 Å². The van der Waals surface area contributed by atoms with E-state index in [-0.39, 0.29) is 17.6 Å². The molecule has 1 fully saturated rings. The van der Waals surface area contributed by atoms with Crippen molar-refractivity contribution in [3.63, 3.8) is 0 Å². The van der Waals surface area contributed by atoms with Crippen LogP contribution in [0.5, 0.6) is 11.5 Å². The first-order valence-corrected chi connectivity index (χ1v) is 16.9. The minimum atomic E-state index is -0.584. The molecule has 0 spiro atoms. The zero-order valence-electron chi connectivity index (χ0n) is 26.3. The second kappa shape index (κ2) is 14.6. The molecule has 2 aromatic heterocycles. The van der Waals surface area contributed by atoms with Gasteiger partial charge in [-0.3, -0.25) is 0 Å². The molecule has 0 saturated heterocycles. The van der Waals surface area contributed by atoms with Gasteiger partial charge in [0.1, 0.15) is 0 Å². The number of aliphatic hydroxyl groups excluding tert-OH is 2. The maximum absolute atomic E-state index is 11.2. The Labute approximate surface area is 266 Å². The molecule has 3 aromatic rings. The van der Waals surface area contributed by atoms with Gasteiger partial charge < -0.3 is 41.1 Å². The summed E-state index contributed by atoms with van der Waals surface area (Å²) >= 11 is 0. The number of aromatic amines is 2. The lowest BCUT2D eigenvalue weighted by Gasteiger charge is -2.33. The number of fused-ring (bicyclic) bond motifs is 3. The molecule has 1 aromatic carbocycles. The Morgan fingerprint density at radius 1 is 1.02 bits per heavy atom. The minimum Gasteiger partial charge on any atom is -0.504 e. The summed E-state index contributed by atoms with van der Waals surface area (Å²) in [4.78, 5) is 6.73. The third-order valence-corrected chi connectivity index (χ3v) is 10.4. The molecular formula is C37H50N4O4. The van der Waals surface area contributed by atoms with Crippen LogP contribution in [0.25, 0.3) is 0 Å². The number of hydrogen-bond donors (Lipinski definition) is 7. The van der Waals surface area contributed by atoms with Gasteiger partial charge >= 0.3 is 0 Å². The van der Waals surface area contributed by atoms with E-state index < -0.39 is 12.2 Å². The molecule has 8 nitrogen and oxygen atoms in total. The summed E-state index contributed by atoms with van der Waals surface area (Å²) in [5.41, 5.74) is 12.2. The summed E-state index contributed by atoms with van der Waals surface area (Å²) in [7, 11) is 0. The van der Waals surface area contributed by atoms with Gasteiger partial charge in [-0.15, -0.1) is 0 Å². The van der Waals surface area contributed by atoms with Crippen LogP contribution in [0.3, 0.4) is 0 Å². The van der Waals surface area contributed by atoms with Gasteiger partial charge in [0, 0.05) is 30.3 Å². The van der Waals surface area contributed by atoms with Crippen molar-refractivity contribution in [1.82, 2.24) is 15.3 Å². The van der Waals surface area contributed by atoms with Crippen molar-refractivity contribution in [2.45, 2.75) is 88.8 Å². The molecule has 8 heteroatoms. The number of phenols is 1. The monoisotopic (exact) mass is 614 g/mol. The van der Waals surface area contributed by atoms with Gasteiger partial charge in [0.2, 0.25) is 0 Å². The first-order valence-electron chi connectivity index (χ1n) is 16.9. The van der Waals surface area contributed by atoms with Crippen LogP contribution in [0.2, 0.25) is 0 Å². The van der Waals surface area contributed by atoms with Crippen molar-refractivity contribution in [2.24, 2.45) is 23.5 Å². The Bertz CT molecular complexity index is 1440. The van der Waals surface area contributed by atoms with Gasteiger partial charge in [-0.25, -0.2) is 0 Å². The van der Waals surface area contributed by atoms with Gasteiger partial charge in [0.05, 0.1) is 24.6 Å². The maximum atomic E-state index is 11.2. The minimum absolute atomic E-state index is 0.112. The summed E-state index contributed by atoms with van der Waals surface area (Å²) < 4.78 is 6.11. The van der Waals surface area contributed by atoms with E-state index in [1.54, 1.807) is 6.07 Å². The van der Waals surface area contributed by atoms with E-state index in [2.05, 4.69) is 39.7 Å². The zero-order chi connectivity index (χ0) is 31.2. The SMILES string of the molecule is NC1=CC([C@H](CCOc2cc(CC[C@@H](O)C[C@@H](O)[C@@H]3CCC[C@H]4CCc5[nH]ccc5[C@H]4C3)ccc2O)Cc2ccc[nH]2)=CCN1. The molecule has 0 amide bonds. The molecule has 6 atom stereocenters. The number of H-pyrrole nitrogens is 2. The summed E-state index contributed by atoms with van der Waals surface area (Å²) in [5.74, 6) is 2.91. The van der Waals surface area contributed by atoms with E-state index in [1.807, 2.05) is 30.5 Å². The standard InChI is InChI=1S/C37H50N4O4/c38-37-22-26(12-16-41-37)27(20-29-5-2-15-39-29)14-18-45-36-19-24(7-11-34(36)43)6-9-30(42)23-35(44)28-4-1-3-25-8-10-33-31(13-17-40-33)32(25)21-28/h2,5,7,11-13,15,17,19,22,25,27-28,30,32,35,39-44H,1,3-4,6,8-10,14,16,18,20-21,23,38H2/t25-,27+,28+,30+,32-,35+/m0/s1. The van der Waals surface area contributed by atoms with Crippen LogP contribution < -0.4 is 15.8 Å². The summed E-state index contributed by atoms with van der Waals surface area (Å²) in [6.07, 6.45) is 17.1. The van der Waals surface area contributed by atoms with Crippen LogP contribution in [0.1, 0.15) is 79.8 Å². The van der Waals surface area contributed by atoms with Crippen molar-refractivity contribution in [1.29, 1.82) is 0 Å². The number of phenolic OH excluding ortho intramolecular Hbond substituents is 1. The highest BCUT2D eigenvalue weighted by Crippen LogP contribution is 2.46. The maximum Gasteiger partial charge on any atom is 0.161 e. The van der Waals surface area contributed by atoms with Crippen LogP contribution in [-0.2, 0) is 19.3 Å². The molecule has 1 aliphatic heterocycles. The first-order chi connectivity index (χ1) is 21.9. The number of ether oxygens (including phenoxy) is 1. The predicted octanol–water partition coefficient (Wildman–Crippen LogP) is 5.59. The van der Waals surface area contributed by atoms with E-state index in [0.717, 1.165) is 49.8 Å². The summed E-state index contributed by atoms with van der Waals surface area (Å²) in [6.45, 7) is 1.16. The quantitative estimate of drug-likeness (QED) is 0.134. The van der Waals surface area contributed by atoms with Gasteiger partial charge in [-0.05, 0) is 141 Å². The van der Waals surface area contributed by atoms with Crippen molar-refractivity contribution < 1.29 is 20.1 Å². The van der Waals surface area contributed by atoms with E-state index in [9.17, 15) is 15.3 Å². The second-order valence-corrected chi connectivity index (χ2v) is 13.5. The highest BCUT2D eigenvalue weighted by Gasteiger charge is 2.36. The molecule has 3 aliphatic rings. The Morgan fingerprint density at radius 3 is 2.78 bits per heavy atom. The zero-order valence-corrected chi connectivity index (χ0v) is 26.3. The lowest BCUT2D eigenvalue weighted by Crippen LogP contribution is -2.28. The fourth-order valence-corrected chi connectivity index (χ4v) is 7.94. The fourth-order valence-electron chi connectivity index (χ4n) is 7.94. The third-order valence-electron chi connectivity index (χ3n) is 10.4. The Balaban J connectivity index is 1.000. The van der Waals surface area contributed by atoms with E-state index in [4.69, 9.17) is 10.5 Å². The average molecular weight is 615 g/mol. The molecule has 1 saturated carbocycles. The third kappa shape index (κ3) is 7.97. The number of nitrogens with two attached hydrogens (primary N) is 1. The van der Waals surface area contributed by atoms with Crippen molar-refractivity contribution >= 4 is 0 Å². The lowest BCUT2D eigenvalue weighted by atomic mass is 9.73. The average Bonchev–Trinajstić information content (AvgIpc) is 3.69. The number of benzene rings is 1. The predicted molar refractivity (Wildman–Crippen MR) is 177 cm³/mol. The molecule has 0 unspecified atom stereocenters. The molecule has 3 heterocycles. The van der Waals surface area contributed by atoms with Crippen LogP contribution in [0.4, 0.5) is 0 Å². The topological polar surface area (TPSA) is 140 Å². The number of allylic oxidation sites excluding steroid dienone is 2. The van der Waals surface area contributed by atoms with Gasteiger partial charge in [-0.2, -0.15) is 0 Å². The van der Waals surface area contributed by atoms with Crippen molar-refractivity contribution in [3.8, 4) is 11.5 Å². The molecule has 2 aliphatic carbocycles. The number of aromatic hydroxyl groups is 1. The first kappa shape index (κ1) is 31.4. The molecule has 0 radical (unpaired) electrons. The van der Waals surface area contributed by atoms with Gasteiger partial charge in [0.25, 0.3) is 0 Å². The number of rotatable bonds is 13.